The molecular weight excluding hydrogens is 380 g/mol. The molecule has 0 saturated heterocycles. The van der Waals surface area contributed by atoms with Gasteiger partial charge in [0, 0.05) is 36.8 Å². The van der Waals surface area contributed by atoms with Crippen LogP contribution in [0.25, 0.3) is 11.4 Å². The number of anilines is 2. The molecule has 0 bridgehead atoms. The summed E-state index contributed by atoms with van der Waals surface area (Å²) >= 11 is 0. The second kappa shape index (κ2) is 8.01. The van der Waals surface area contributed by atoms with Crippen LogP contribution in [0, 0.1) is 0 Å². The maximum absolute atomic E-state index is 12.6. The minimum atomic E-state index is -3.59. The number of nitrogens with two attached hydrogens (primary N) is 1. The Kier molecular flexibility index (Phi) is 5.50. The number of pyridine rings is 1. The summed E-state index contributed by atoms with van der Waals surface area (Å²) in [6.07, 6.45) is 2.84. The fraction of sp³-hybridized carbons (Fsp3) is 0.111. The van der Waals surface area contributed by atoms with Gasteiger partial charge in [0.15, 0.2) is 15.7 Å². The van der Waals surface area contributed by atoms with Crippen molar-refractivity contribution in [3.8, 4) is 11.4 Å². The van der Waals surface area contributed by atoms with Crippen molar-refractivity contribution >= 4 is 27.4 Å². The Hall–Kier alpha value is -3.53. The van der Waals surface area contributed by atoms with E-state index in [0.717, 1.165) is 0 Å². The van der Waals surface area contributed by atoms with Gasteiger partial charge in [-0.1, -0.05) is 0 Å². The highest BCUT2D eigenvalue weighted by Crippen LogP contribution is 2.21. The third-order valence-electron chi connectivity index (χ3n) is 3.77. The lowest BCUT2D eigenvalue weighted by Gasteiger charge is -2.08. The molecule has 2 heterocycles. The number of hydrogen-bond donors (Lipinski definition) is 3. The fourth-order valence-electron chi connectivity index (χ4n) is 2.44. The van der Waals surface area contributed by atoms with Crippen molar-refractivity contribution < 1.29 is 13.2 Å². The number of rotatable bonds is 5. The molecule has 0 radical (unpaired) electrons. The first-order chi connectivity index (χ1) is 13.4. The highest BCUT2D eigenvalue weighted by atomic mass is 32.2. The molecule has 1 aromatic carbocycles. The Morgan fingerprint density at radius 1 is 1.07 bits per heavy atom. The molecule has 4 N–H and O–H groups in total. The number of nitrogen functional groups attached to an aromatic ring is 1. The van der Waals surface area contributed by atoms with Crippen LogP contribution < -0.4 is 16.4 Å². The lowest BCUT2D eigenvalue weighted by atomic mass is 10.2. The first-order valence-electron chi connectivity index (χ1n) is 8.23. The van der Waals surface area contributed by atoms with Crippen molar-refractivity contribution in [2.24, 2.45) is 0 Å². The van der Waals surface area contributed by atoms with E-state index in [4.69, 9.17) is 5.73 Å². The van der Waals surface area contributed by atoms with E-state index in [1.807, 2.05) is 0 Å². The molecule has 0 aliphatic rings. The molecule has 3 rings (SSSR count). The van der Waals surface area contributed by atoms with E-state index in [0.29, 0.717) is 17.1 Å². The molecule has 0 aliphatic carbocycles. The molecule has 28 heavy (non-hydrogen) atoms. The molecule has 0 spiro atoms. The maximum Gasteiger partial charge on any atom is 0.318 e. The van der Waals surface area contributed by atoms with Crippen LogP contribution in [0.5, 0.6) is 0 Å². The average molecular weight is 398 g/mol. The molecule has 2 aromatic heterocycles. The Balaban J connectivity index is 1.87. The third kappa shape index (κ3) is 4.60. The smallest absolute Gasteiger partial charge is 0.318 e. The average Bonchev–Trinajstić information content (AvgIpc) is 2.68. The SMILES string of the molecule is CNC(=O)Nc1ccc(-c2nc(N)cc(CS(=O)(=O)c3ccncc3)n2)cc1. The molecule has 0 aliphatic heterocycles. The number of urea groups is 1. The highest BCUT2D eigenvalue weighted by Gasteiger charge is 2.17. The zero-order valence-electron chi connectivity index (χ0n) is 15.0. The number of nitrogens with one attached hydrogen (secondary N) is 2. The van der Waals surface area contributed by atoms with E-state index in [-0.39, 0.29) is 28.2 Å². The number of benzene rings is 1. The van der Waals surface area contributed by atoms with Crippen LogP contribution in [0.3, 0.4) is 0 Å². The zero-order valence-corrected chi connectivity index (χ0v) is 15.8. The van der Waals surface area contributed by atoms with Gasteiger partial charge in [-0.05, 0) is 36.4 Å². The topological polar surface area (TPSA) is 140 Å². The molecule has 0 unspecified atom stereocenters. The van der Waals surface area contributed by atoms with E-state index < -0.39 is 9.84 Å². The largest absolute Gasteiger partial charge is 0.384 e. The first-order valence-corrected chi connectivity index (χ1v) is 9.88. The Morgan fingerprint density at radius 3 is 2.39 bits per heavy atom. The third-order valence-corrected chi connectivity index (χ3v) is 5.44. The van der Waals surface area contributed by atoms with Gasteiger partial charge in [-0.2, -0.15) is 0 Å². The minimum absolute atomic E-state index is 0.158. The number of amides is 2. The first kappa shape index (κ1) is 19.2. The summed E-state index contributed by atoms with van der Waals surface area (Å²) in [7, 11) is -2.07. The van der Waals surface area contributed by atoms with Crippen molar-refractivity contribution in [2.45, 2.75) is 10.6 Å². The zero-order chi connectivity index (χ0) is 20.1. The van der Waals surface area contributed by atoms with E-state index in [9.17, 15) is 13.2 Å². The summed E-state index contributed by atoms with van der Waals surface area (Å²) in [6, 6.07) is 10.7. The molecule has 3 aromatic rings. The Morgan fingerprint density at radius 2 is 1.75 bits per heavy atom. The summed E-state index contributed by atoms with van der Waals surface area (Å²) in [6.45, 7) is 0. The van der Waals surface area contributed by atoms with Crippen LogP contribution in [0.1, 0.15) is 5.69 Å². The minimum Gasteiger partial charge on any atom is -0.384 e. The van der Waals surface area contributed by atoms with Gasteiger partial charge >= 0.3 is 6.03 Å². The number of hydrogen-bond acceptors (Lipinski definition) is 7. The monoisotopic (exact) mass is 398 g/mol. The molecule has 0 atom stereocenters. The van der Waals surface area contributed by atoms with Crippen LogP contribution in [0.4, 0.5) is 16.3 Å². The van der Waals surface area contributed by atoms with E-state index in [1.54, 1.807) is 24.3 Å². The van der Waals surface area contributed by atoms with Gasteiger partial charge in [-0.3, -0.25) is 4.98 Å². The second-order valence-corrected chi connectivity index (χ2v) is 7.82. The number of nitrogens with zero attached hydrogens (tertiary/aromatic N) is 3. The van der Waals surface area contributed by atoms with Gasteiger partial charge in [0.05, 0.1) is 16.3 Å². The van der Waals surface area contributed by atoms with Gasteiger partial charge in [0.25, 0.3) is 0 Å². The molecule has 0 fully saturated rings. The van der Waals surface area contributed by atoms with Crippen LogP contribution in [-0.2, 0) is 15.6 Å². The van der Waals surface area contributed by atoms with E-state index in [1.165, 1.54) is 37.6 Å². The van der Waals surface area contributed by atoms with Gasteiger partial charge in [0.2, 0.25) is 0 Å². The van der Waals surface area contributed by atoms with Crippen molar-refractivity contribution in [3.63, 3.8) is 0 Å². The van der Waals surface area contributed by atoms with Gasteiger partial charge in [0.1, 0.15) is 5.82 Å². The maximum atomic E-state index is 12.6. The van der Waals surface area contributed by atoms with Crippen molar-refractivity contribution in [2.75, 3.05) is 18.1 Å². The van der Waals surface area contributed by atoms with Gasteiger partial charge in [-0.15, -0.1) is 0 Å². The lowest BCUT2D eigenvalue weighted by molar-refractivity contribution is 0.254. The summed E-state index contributed by atoms with van der Waals surface area (Å²) in [5.41, 5.74) is 7.36. The highest BCUT2D eigenvalue weighted by molar-refractivity contribution is 7.90. The van der Waals surface area contributed by atoms with Crippen LogP contribution >= 0.6 is 0 Å². The van der Waals surface area contributed by atoms with Crippen molar-refractivity contribution in [1.29, 1.82) is 0 Å². The Bertz CT molecular complexity index is 1090. The van der Waals surface area contributed by atoms with Crippen LogP contribution in [0.15, 0.2) is 59.8 Å². The number of sulfone groups is 1. The molecule has 144 valence electrons. The quantitative estimate of drug-likeness (QED) is 0.596. The van der Waals surface area contributed by atoms with E-state index in [2.05, 4.69) is 25.6 Å². The lowest BCUT2D eigenvalue weighted by Crippen LogP contribution is -2.24. The van der Waals surface area contributed by atoms with E-state index >= 15 is 0 Å². The second-order valence-electron chi connectivity index (χ2n) is 5.83. The molecule has 10 heteroatoms. The molecule has 0 saturated carbocycles. The number of aromatic nitrogens is 3. The normalized spacial score (nSPS) is 11.0. The summed E-state index contributed by atoms with van der Waals surface area (Å²) in [5.74, 6) is 0.149. The standard InChI is InChI=1S/C18H18N6O3S/c1-20-18(25)23-13-4-2-12(3-5-13)17-22-14(10-16(19)24-17)11-28(26,27)15-6-8-21-9-7-15/h2-10H,11H2,1H3,(H2,19,22,24)(H2,20,23,25). The summed E-state index contributed by atoms with van der Waals surface area (Å²) in [4.78, 5) is 23.8. The predicted octanol–water partition coefficient (Wildman–Crippen LogP) is 1.85. The molecule has 9 nitrogen and oxygen atoms in total. The van der Waals surface area contributed by atoms with Gasteiger partial charge < -0.3 is 16.4 Å². The Labute approximate surface area is 162 Å². The summed E-state index contributed by atoms with van der Waals surface area (Å²) in [5, 5.41) is 5.10. The van der Waals surface area contributed by atoms with Crippen LogP contribution in [0.2, 0.25) is 0 Å². The van der Waals surface area contributed by atoms with Crippen LogP contribution in [-0.4, -0.2) is 36.4 Å². The van der Waals surface area contributed by atoms with Crippen molar-refractivity contribution in [3.05, 3.63) is 60.6 Å². The van der Waals surface area contributed by atoms with Gasteiger partial charge in [-0.25, -0.2) is 23.2 Å². The predicted molar refractivity (Wildman–Crippen MR) is 105 cm³/mol. The molecular formula is C18H18N6O3S. The molecule has 2 amide bonds. The van der Waals surface area contributed by atoms with Crippen molar-refractivity contribution in [1.82, 2.24) is 20.3 Å². The fourth-order valence-corrected chi connectivity index (χ4v) is 3.68. The number of carbonyl (C=O) groups excluding carboxylic acids is 1. The number of carbonyl (C=O) groups is 1. The summed E-state index contributed by atoms with van der Waals surface area (Å²) < 4.78 is 25.1.